The molecule has 0 bridgehead atoms. The molecule has 0 radical (unpaired) electrons. The number of piperidine rings is 1. The molecule has 6 rings (SSSR count). The average molecular weight is 714 g/mol. The second-order valence-electron chi connectivity index (χ2n) is 19.1. The third kappa shape index (κ3) is 6.61. The van der Waals surface area contributed by atoms with Crippen molar-refractivity contribution in [2.45, 2.75) is 118 Å². The van der Waals surface area contributed by atoms with Gasteiger partial charge in [0, 0.05) is 37.8 Å². The molecule has 1 N–H and O–H groups in total. The highest BCUT2D eigenvalue weighted by molar-refractivity contribution is 7.91. The molecule has 8 heteroatoms. The van der Waals surface area contributed by atoms with E-state index in [1.54, 1.807) is 6.08 Å². The Morgan fingerprint density at radius 3 is 2.36 bits per heavy atom. The van der Waals surface area contributed by atoms with Gasteiger partial charge in [0.05, 0.1) is 18.1 Å². The lowest BCUT2D eigenvalue weighted by atomic mass is 9.33. The van der Waals surface area contributed by atoms with Gasteiger partial charge in [-0.1, -0.05) is 39.0 Å². The van der Waals surface area contributed by atoms with Crippen molar-refractivity contribution in [2.24, 2.45) is 51.2 Å². The van der Waals surface area contributed by atoms with Crippen LogP contribution in [0.15, 0.2) is 24.3 Å². The molecule has 2 heterocycles. The van der Waals surface area contributed by atoms with Crippen LogP contribution in [-0.2, 0) is 19.4 Å². The zero-order valence-electron chi connectivity index (χ0n) is 32.8. The zero-order chi connectivity index (χ0) is 36.2. The molecule has 7 nitrogen and oxygen atoms in total. The zero-order valence-corrected chi connectivity index (χ0v) is 33.6. The Morgan fingerprint density at radius 2 is 1.66 bits per heavy atom. The Kier molecular flexibility index (Phi) is 10.9. The van der Waals surface area contributed by atoms with Crippen molar-refractivity contribution in [3.63, 3.8) is 0 Å². The van der Waals surface area contributed by atoms with Gasteiger partial charge in [-0.05, 0) is 163 Å². The number of hydrogen-bond donors (Lipinski definition) is 1. The molecule has 2 saturated heterocycles. The van der Waals surface area contributed by atoms with Gasteiger partial charge in [-0.2, -0.15) is 0 Å². The second-order valence-corrected chi connectivity index (χ2v) is 21.4. The van der Waals surface area contributed by atoms with Crippen LogP contribution in [0.5, 0.6) is 0 Å². The largest absolute Gasteiger partial charge is 0.463 e. The van der Waals surface area contributed by atoms with E-state index in [-0.39, 0.29) is 11.5 Å². The minimum Gasteiger partial charge on any atom is -0.463 e. The molecule has 0 unspecified atom stereocenters. The van der Waals surface area contributed by atoms with Crippen LogP contribution in [0.4, 0.5) is 0 Å². The minimum atomic E-state index is -2.82. The second kappa shape index (κ2) is 14.2. The SMILES string of the molecule is C=C(C)[C@@H]1CC[C@]2(CNCCCN3CCS(=O)(=O)CC3)CC[C@]3(C)[C@H](CC[C@@H]4[C@@]5(C)CCN(C/C=C/C(=O)OCC)C(C)(C)[C@@H]5CC[C@]43C)[C@@H]12. The molecule has 6 aliphatic rings. The molecule has 0 aromatic heterocycles. The summed E-state index contributed by atoms with van der Waals surface area (Å²) in [6.45, 7) is 28.8. The molecule has 0 spiro atoms. The van der Waals surface area contributed by atoms with E-state index in [2.05, 4.69) is 63.2 Å². The van der Waals surface area contributed by atoms with E-state index < -0.39 is 9.84 Å². The van der Waals surface area contributed by atoms with Gasteiger partial charge < -0.3 is 15.0 Å². The van der Waals surface area contributed by atoms with Gasteiger partial charge in [0.2, 0.25) is 0 Å². The molecule has 4 aliphatic carbocycles. The third-order valence-corrected chi connectivity index (χ3v) is 18.3. The van der Waals surface area contributed by atoms with Crippen LogP contribution in [0.25, 0.3) is 0 Å². The summed E-state index contributed by atoms with van der Waals surface area (Å²) in [6, 6.07) is 0. The summed E-state index contributed by atoms with van der Waals surface area (Å²) in [5.74, 6) is 3.89. The maximum absolute atomic E-state index is 12.0. The van der Waals surface area contributed by atoms with Crippen LogP contribution in [0.2, 0.25) is 0 Å². The lowest BCUT2D eigenvalue weighted by molar-refractivity contribution is -0.241. The van der Waals surface area contributed by atoms with E-state index in [9.17, 15) is 13.2 Å². The number of allylic oxidation sites excluding steroid dienone is 1. The normalized spacial score (nSPS) is 42.7. The molecule has 0 aromatic carbocycles. The highest BCUT2D eigenvalue weighted by atomic mass is 32.2. The maximum atomic E-state index is 12.0. The van der Waals surface area contributed by atoms with Crippen molar-refractivity contribution in [1.82, 2.24) is 15.1 Å². The van der Waals surface area contributed by atoms with Gasteiger partial charge >= 0.3 is 5.97 Å². The average Bonchev–Trinajstić information content (AvgIpc) is 3.43. The molecule has 0 amide bonds. The Labute approximate surface area is 305 Å². The number of nitrogens with one attached hydrogen (secondary N) is 1. The number of hydrogen-bond acceptors (Lipinski definition) is 7. The van der Waals surface area contributed by atoms with Gasteiger partial charge in [-0.3, -0.25) is 4.90 Å². The van der Waals surface area contributed by atoms with E-state index in [1.807, 2.05) is 13.0 Å². The minimum absolute atomic E-state index is 0.0840. The van der Waals surface area contributed by atoms with Crippen molar-refractivity contribution in [1.29, 1.82) is 0 Å². The van der Waals surface area contributed by atoms with E-state index in [1.165, 1.54) is 63.4 Å². The van der Waals surface area contributed by atoms with Crippen LogP contribution in [0, 0.1) is 51.2 Å². The fourth-order valence-corrected chi connectivity index (χ4v) is 15.2. The lowest BCUT2D eigenvalue weighted by Crippen LogP contribution is -2.69. The van der Waals surface area contributed by atoms with Crippen molar-refractivity contribution in [3.8, 4) is 0 Å². The Balaban J connectivity index is 1.15. The van der Waals surface area contributed by atoms with E-state index >= 15 is 0 Å². The highest BCUT2D eigenvalue weighted by Crippen LogP contribution is 2.76. The van der Waals surface area contributed by atoms with Crippen LogP contribution in [0.1, 0.15) is 113 Å². The number of esters is 1. The lowest BCUT2D eigenvalue weighted by Gasteiger charge is -2.73. The molecule has 4 saturated carbocycles. The fourth-order valence-electron chi connectivity index (χ4n) is 13.9. The quantitative estimate of drug-likeness (QED) is 0.106. The molecular weight excluding hydrogens is 643 g/mol. The standard InChI is InChI=1S/C42H71N3O4S/c1-9-49-36(46)12-10-24-45-25-21-39(6)34(38(45,4)5)16-17-41(8)35(39)14-13-33-37-32(31(2)3)15-18-42(37,20-19-40(33,41)7)30-43-22-11-23-44-26-28-50(47,48)29-27-44/h10,12,32-35,37,43H,2,9,11,13-30H2,1,3-8H3/b12-10+/t32-,33+,34-,35+,37+,39-,40+,41+,42+/m0/s1. The van der Waals surface area contributed by atoms with Gasteiger partial charge in [0.25, 0.3) is 0 Å². The highest BCUT2D eigenvalue weighted by Gasteiger charge is 2.70. The van der Waals surface area contributed by atoms with Gasteiger partial charge in [-0.25, -0.2) is 13.2 Å². The smallest absolute Gasteiger partial charge is 0.330 e. The van der Waals surface area contributed by atoms with Crippen LogP contribution in [0.3, 0.4) is 0 Å². The first-order chi connectivity index (χ1) is 23.5. The molecule has 2 aliphatic heterocycles. The van der Waals surface area contributed by atoms with Crippen molar-refractivity contribution >= 4 is 15.8 Å². The third-order valence-electron chi connectivity index (χ3n) is 16.7. The summed E-state index contributed by atoms with van der Waals surface area (Å²) in [5, 5.41) is 3.98. The van der Waals surface area contributed by atoms with E-state index in [4.69, 9.17) is 4.74 Å². The molecule has 0 aromatic rings. The predicted molar refractivity (Wildman–Crippen MR) is 205 cm³/mol. The number of fused-ring (bicyclic) bond motifs is 7. The topological polar surface area (TPSA) is 79.0 Å². The fraction of sp³-hybridized carbons (Fsp3) is 0.881. The summed E-state index contributed by atoms with van der Waals surface area (Å²) < 4.78 is 28.9. The van der Waals surface area contributed by atoms with Crippen molar-refractivity contribution in [3.05, 3.63) is 24.3 Å². The van der Waals surface area contributed by atoms with Gasteiger partial charge in [0.15, 0.2) is 9.84 Å². The summed E-state index contributed by atoms with van der Waals surface area (Å²) in [6.07, 6.45) is 16.6. The van der Waals surface area contributed by atoms with E-state index in [0.717, 1.165) is 51.0 Å². The first-order valence-electron chi connectivity index (χ1n) is 20.4. The number of likely N-dealkylation sites (tertiary alicyclic amines) is 1. The predicted octanol–water partition coefficient (Wildman–Crippen LogP) is 7.14. The first kappa shape index (κ1) is 38.5. The number of nitrogens with zero attached hydrogens (tertiary/aromatic N) is 2. The number of carbonyl (C=O) groups is 1. The van der Waals surface area contributed by atoms with Crippen molar-refractivity contribution < 1.29 is 17.9 Å². The molecular formula is C42H71N3O4S. The van der Waals surface area contributed by atoms with Gasteiger partial charge in [-0.15, -0.1) is 0 Å². The van der Waals surface area contributed by atoms with Crippen molar-refractivity contribution in [2.75, 3.05) is 63.9 Å². The number of sulfone groups is 1. The summed E-state index contributed by atoms with van der Waals surface area (Å²) in [7, 11) is -2.82. The maximum Gasteiger partial charge on any atom is 0.330 e. The number of ether oxygens (including phenoxy) is 1. The monoisotopic (exact) mass is 714 g/mol. The summed E-state index contributed by atoms with van der Waals surface area (Å²) >= 11 is 0. The van der Waals surface area contributed by atoms with Crippen LogP contribution >= 0.6 is 0 Å². The van der Waals surface area contributed by atoms with E-state index in [0.29, 0.717) is 70.6 Å². The number of carbonyl (C=O) groups excluding carboxylic acids is 1. The number of rotatable bonds is 11. The Hall–Kier alpha value is -1.22. The molecule has 284 valence electrons. The van der Waals surface area contributed by atoms with Crippen LogP contribution in [-0.4, -0.2) is 93.7 Å². The Bertz CT molecular complexity index is 1400. The summed E-state index contributed by atoms with van der Waals surface area (Å²) in [5.41, 5.74) is 2.86. The van der Waals surface area contributed by atoms with Gasteiger partial charge in [0.1, 0.15) is 0 Å². The molecule has 6 fully saturated rings. The molecule has 9 atom stereocenters. The summed E-state index contributed by atoms with van der Waals surface area (Å²) in [4.78, 5) is 17.0. The first-order valence-corrected chi connectivity index (χ1v) is 22.2. The van der Waals surface area contributed by atoms with Crippen LogP contribution < -0.4 is 5.32 Å². The molecule has 50 heavy (non-hydrogen) atoms. The Morgan fingerprint density at radius 1 is 0.920 bits per heavy atom.